The second kappa shape index (κ2) is 6.40. The Labute approximate surface area is 149 Å². The van der Waals surface area contributed by atoms with E-state index in [0.29, 0.717) is 17.7 Å². The zero-order valence-electron chi connectivity index (χ0n) is 13.9. The molecule has 7 heteroatoms. The van der Waals surface area contributed by atoms with E-state index in [1.807, 2.05) is 12.2 Å². The summed E-state index contributed by atoms with van der Waals surface area (Å²) in [7, 11) is 0. The summed E-state index contributed by atoms with van der Waals surface area (Å²) < 4.78 is 15.8. The Morgan fingerprint density at radius 2 is 2.04 bits per heavy atom. The normalized spacial score (nSPS) is 26.2. The molecular weight excluding hydrogens is 337 g/mol. The van der Waals surface area contributed by atoms with Crippen molar-refractivity contribution in [2.24, 2.45) is 23.7 Å². The Morgan fingerprint density at radius 3 is 2.69 bits per heavy atom. The lowest BCUT2D eigenvalue weighted by Crippen LogP contribution is -2.39. The highest BCUT2D eigenvalue weighted by molar-refractivity contribution is 5.86. The standard InChI is InChI=1S/C19H18FN3O3/c20-14-7-11(1-4-15(14)23-6-5-21-10-23)9-22-18(24)16-12-2-3-13(8-12)17(16)19(25)26/h1-7,10,12-13,16-17H,8-9H2,(H,22,24)(H,25,26)/t12-,13-,16+,17+/m0/s1. The van der Waals surface area contributed by atoms with Crippen LogP contribution in [0.2, 0.25) is 0 Å². The fraction of sp³-hybridized carbons (Fsp3) is 0.316. The van der Waals surface area contributed by atoms with Gasteiger partial charge in [-0.2, -0.15) is 0 Å². The van der Waals surface area contributed by atoms with Crippen molar-refractivity contribution in [2.75, 3.05) is 0 Å². The number of nitrogens with one attached hydrogen (secondary N) is 1. The Kier molecular flexibility index (Phi) is 4.06. The van der Waals surface area contributed by atoms with Gasteiger partial charge in [0.25, 0.3) is 0 Å². The highest BCUT2D eigenvalue weighted by Crippen LogP contribution is 2.48. The maximum atomic E-state index is 14.3. The molecule has 2 aromatic rings. The third-order valence-corrected chi connectivity index (χ3v) is 5.31. The molecule has 2 aliphatic carbocycles. The molecule has 0 saturated heterocycles. The van der Waals surface area contributed by atoms with E-state index in [1.165, 1.54) is 12.4 Å². The van der Waals surface area contributed by atoms with Crippen LogP contribution in [0, 0.1) is 29.5 Å². The lowest BCUT2D eigenvalue weighted by Gasteiger charge is -2.23. The number of halogens is 1. The van der Waals surface area contributed by atoms with Crippen LogP contribution in [0.1, 0.15) is 12.0 Å². The summed E-state index contributed by atoms with van der Waals surface area (Å²) in [5, 5.41) is 12.2. The lowest BCUT2D eigenvalue weighted by molar-refractivity contribution is -0.147. The molecule has 4 atom stereocenters. The maximum Gasteiger partial charge on any atom is 0.307 e. The zero-order valence-corrected chi connectivity index (χ0v) is 13.9. The minimum absolute atomic E-state index is 0.0264. The van der Waals surface area contributed by atoms with Crippen molar-refractivity contribution in [3.63, 3.8) is 0 Å². The van der Waals surface area contributed by atoms with Crippen molar-refractivity contribution >= 4 is 11.9 Å². The number of hydrogen-bond acceptors (Lipinski definition) is 3. The Morgan fingerprint density at radius 1 is 1.27 bits per heavy atom. The van der Waals surface area contributed by atoms with Crippen molar-refractivity contribution in [1.82, 2.24) is 14.9 Å². The zero-order chi connectivity index (χ0) is 18.3. The molecule has 1 fully saturated rings. The van der Waals surface area contributed by atoms with Crippen LogP contribution in [0.5, 0.6) is 0 Å². The number of carboxylic acids is 1. The smallest absolute Gasteiger partial charge is 0.307 e. The minimum Gasteiger partial charge on any atom is -0.481 e. The number of aliphatic carboxylic acids is 1. The number of aromatic nitrogens is 2. The maximum absolute atomic E-state index is 14.3. The summed E-state index contributed by atoms with van der Waals surface area (Å²) in [6, 6.07) is 4.72. The van der Waals surface area contributed by atoms with Crippen LogP contribution in [0.3, 0.4) is 0 Å². The molecule has 2 bridgehead atoms. The van der Waals surface area contributed by atoms with Crippen molar-refractivity contribution in [3.8, 4) is 5.69 Å². The van der Waals surface area contributed by atoms with Gasteiger partial charge in [-0.15, -0.1) is 0 Å². The summed E-state index contributed by atoms with van der Waals surface area (Å²) >= 11 is 0. The number of hydrogen-bond donors (Lipinski definition) is 2. The second-order valence-corrected chi connectivity index (χ2v) is 6.81. The topological polar surface area (TPSA) is 84.2 Å². The molecule has 0 spiro atoms. The van der Waals surface area contributed by atoms with Gasteiger partial charge in [-0.05, 0) is 36.0 Å². The van der Waals surface area contributed by atoms with Gasteiger partial charge < -0.3 is 15.0 Å². The summed E-state index contributed by atoms with van der Waals surface area (Å²) in [6.45, 7) is 0.157. The van der Waals surface area contributed by atoms with E-state index in [4.69, 9.17) is 0 Å². The Bertz CT molecular complexity index is 878. The molecule has 0 aliphatic heterocycles. The van der Waals surface area contributed by atoms with Gasteiger partial charge in [0.05, 0.1) is 23.9 Å². The predicted molar refractivity (Wildman–Crippen MR) is 90.7 cm³/mol. The van der Waals surface area contributed by atoms with E-state index >= 15 is 0 Å². The van der Waals surface area contributed by atoms with Crippen molar-refractivity contribution in [2.45, 2.75) is 13.0 Å². The number of amides is 1. The number of carbonyl (C=O) groups excluding carboxylic acids is 1. The average molecular weight is 355 g/mol. The van der Waals surface area contributed by atoms with Gasteiger partial charge in [-0.1, -0.05) is 18.2 Å². The van der Waals surface area contributed by atoms with Gasteiger partial charge in [0.2, 0.25) is 5.91 Å². The largest absolute Gasteiger partial charge is 0.481 e. The van der Waals surface area contributed by atoms with Crippen LogP contribution in [-0.2, 0) is 16.1 Å². The van der Waals surface area contributed by atoms with E-state index in [2.05, 4.69) is 10.3 Å². The summed E-state index contributed by atoms with van der Waals surface area (Å²) in [5.74, 6) is -2.96. The first-order valence-corrected chi connectivity index (χ1v) is 8.50. The molecular formula is C19H18FN3O3. The molecule has 134 valence electrons. The average Bonchev–Trinajstić information content (AvgIpc) is 3.35. The number of carbonyl (C=O) groups is 2. The van der Waals surface area contributed by atoms with E-state index in [9.17, 15) is 19.1 Å². The highest BCUT2D eigenvalue weighted by atomic mass is 19.1. The molecule has 1 saturated carbocycles. The number of benzene rings is 1. The molecule has 1 heterocycles. The van der Waals surface area contributed by atoms with Crippen LogP contribution >= 0.6 is 0 Å². The number of rotatable bonds is 5. The van der Waals surface area contributed by atoms with Gasteiger partial charge in [0, 0.05) is 18.9 Å². The predicted octanol–water partition coefficient (Wildman–Crippen LogP) is 2.15. The second-order valence-electron chi connectivity index (χ2n) is 6.81. The lowest BCUT2D eigenvalue weighted by atomic mass is 9.82. The fourth-order valence-electron chi connectivity index (χ4n) is 4.09. The fourth-order valence-corrected chi connectivity index (χ4v) is 4.09. The van der Waals surface area contributed by atoms with Gasteiger partial charge in [0.1, 0.15) is 5.82 Å². The van der Waals surface area contributed by atoms with E-state index < -0.39 is 23.6 Å². The van der Waals surface area contributed by atoms with Gasteiger partial charge in [0.15, 0.2) is 0 Å². The molecule has 1 aromatic carbocycles. The van der Waals surface area contributed by atoms with E-state index in [-0.39, 0.29) is 24.3 Å². The molecule has 2 N–H and O–H groups in total. The molecule has 6 nitrogen and oxygen atoms in total. The first kappa shape index (κ1) is 16.5. The van der Waals surface area contributed by atoms with Crippen molar-refractivity contribution < 1.29 is 19.1 Å². The number of fused-ring (bicyclic) bond motifs is 2. The van der Waals surface area contributed by atoms with Crippen LogP contribution in [0.4, 0.5) is 4.39 Å². The van der Waals surface area contributed by atoms with E-state index in [0.717, 1.165) is 0 Å². The summed E-state index contributed by atoms with van der Waals surface area (Å²) in [4.78, 5) is 27.9. The van der Waals surface area contributed by atoms with Gasteiger partial charge in [-0.3, -0.25) is 9.59 Å². The monoisotopic (exact) mass is 355 g/mol. The number of allylic oxidation sites excluding steroid dienone is 2. The molecule has 0 unspecified atom stereocenters. The van der Waals surface area contributed by atoms with Gasteiger partial charge in [-0.25, -0.2) is 9.37 Å². The highest BCUT2D eigenvalue weighted by Gasteiger charge is 2.51. The number of nitrogens with zero attached hydrogens (tertiary/aromatic N) is 2. The third kappa shape index (κ3) is 2.79. The van der Waals surface area contributed by atoms with Crippen LogP contribution in [-0.4, -0.2) is 26.5 Å². The van der Waals surface area contributed by atoms with Crippen LogP contribution in [0.15, 0.2) is 49.1 Å². The first-order chi connectivity index (χ1) is 12.5. The van der Waals surface area contributed by atoms with E-state index in [1.54, 1.807) is 29.1 Å². The summed E-state index contributed by atoms with van der Waals surface area (Å²) in [6.07, 6.45) is 9.27. The number of carboxylic acid groups (broad SMARTS) is 1. The van der Waals surface area contributed by atoms with Crippen LogP contribution < -0.4 is 5.32 Å². The molecule has 2 aliphatic rings. The first-order valence-electron chi connectivity index (χ1n) is 8.50. The third-order valence-electron chi connectivity index (χ3n) is 5.31. The summed E-state index contributed by atoms with van der Waals surface area (Å²) in [5.41, 5.74) is 0.993. The SMILES string of the molecule is O=C(O)[C@H]1[C@H](C(=O)NCc2ccc(-n3ccnc3)c(F)c2)[C@H]2C=C[C@H]1C2. The van der Waals surface area contributed by atoms with Crippen LogP contribution in [0.25, 0.3) is 5.69 Å². The van der Waals surface area contributed by atoms with Gasteiger partial charge >= 0.3 is 5.97 Å². The number of imidazole rings is 1. The molecule has 0 radical (unpaired) electrons. The Hall–Kier alpha value is -2.96. The Balaban J connectivity index is 1.44. The molecule has 4 rings (SSSR count). The molecule has 1 amide bonds. The van der Waals surface area contributed by atoms with Crippen molar-refractivity contribution in [1.29, 1.82) is 0 Å². The molecule has 26 heavy (non-hydrogen) atoms. The molecule has 1 aromatic heterocycles. The van der Waals surface area contributed by atoms with Crippen molar-refractivity contribution in [3.05, 3.63) is 60.5 Å². The quantitative estimate of drug-likeness (QED) is 0.805. The minimum atomic E-state index is -0.933.